The van der Waals surface area contributed by atoms with E-state index in [1.807, 2.05) is 6.92 Å². The molecule has 0 aromatic heterocycles. The lowest BCUT2D eigenvalue weighted by Crippen LogP contribution is -2.61. The van der Waals surface area contributed by atoms with E-state index in [-0.39, 0.29) is 16.9 Å². The molecule has 3 unspecified atom stereocenters. The zero-order valence-corrected chi connectivity index (χ0v) is 14.6. The molecule has 1 aliphatic rings. The number of carbonyl (C=O) groups is 3. The van der Waals surface area contributed by atoms with Crippen LogP contribution in [0.5, 0.6) is 0 Å². The molecule has 1 saturated carbocycles. The zero-order valence-electron chi connectivity index (χ0n) is 14.6. The molecule has 1 fully saturated rings. The van der Waals surface area contributed by atoms with E-state index in [9.17, 15) is 14.4 Å². The van der Waals surface area contributed by atoms with Crippen LogP contribution in [0.4, 0.5) is 0 Å². The van der Waals surface area contributed by atoms with Gasteiger partial charge in [-0.3, -0.25) is 14.4 Å². The lowest BCUT2D eigenvalue weighted by Gasteiger charge is -2.44. The van der Waals surface area contributed by atoms with Gasteiger partial charge >= 0.3 is 5.97 Å². The van der Waals surface area contributed by atoms with Gasteiger partial charge in [0.1, 0.15) is 6.04 Å². The normalized spacial score (nSPS) is 20.1. The van der Waals surface area contributed by atoms with Gasteiger partial charge in [-0.2, -0.15) is 0 Å². The van der Waals surface area contributed by atoms with Crippen molar-refractivity contribution in [2.24, 2.45) is 17.1 Å². The second kappa shape index (κ2) is 6.86. The molecule has 132 valence electrons. The Kier molecular flexibility index (Phi) is 5.79. The third-order valence-electron chi connectivity index (χ3n) is 4.82. The summed E-state index contributed by atoms with van der Waals surface area (Å²) >= 11 is 0. The number of nitrogens with one attached hydrogen (secondary N) is 2. The van der Waals surface area contributed by atoms with E-state index in [4.69, 9.17) is 10.8 Å². The maximum Gasteiger partial charge on any atom is 0.305 e. The van der Waals surface area contributed by atoms with Crippen molar-refractivity contribution in [3.05, 3.63) is 0 Å². The number of nitrogens with two attached hydrogens (primary N) is 1. The van der Waals surface area contributed by atoms with Crippen molar-refractivity contribution in [3.63, 3.8) is 0 Å². The maximum absolute atomic E-state index is 12.4. The van der Waals surface area contributed by atoms with Gasteiger partial charge in [0.2, 0.25) is 11.8 Å². The number of amides is 2. The Labute approximate surface area is 137 Å². The highest BCUT2D eigenvalue weighted by atomic mass is 16.4. The first-order valence-electron chi connectivity index (χ1n) is 7.98. The van der Waals surface area contributed by atoms with Crippen LogP contribution in [-0.2, 0) is 14.4 Å². The highest BCUT2D eigenvalue weighted by Gasteiger charge is 2.50. The van der Waals surface area contributed by atoms with Crippen molar-refractivity contribution < 1.29 is 19.5 Å². The van der Waals surface area contributed by atoms with Gasteiger partial charge in [-0.25, -0.2) is 0 Å². The Morgan fingerprint density at radius 1 is 1.17 bits per heavy atom. The smallest absolute Gasteiger partial charge is 0.305 e. The van der Waals surface area contributed by atoms with E-state index >= 15 is 0 Å². The van der Waals surface area contributed by atoms with Crippen LogP contribution >= 0.6 is 0 Å². The zero-order chi connectivity index (χ0) is 18.0. The fourth-order valence-corrected chi connectivity index (χ4v) is 2.59. The highest BCUT2D eigenvalue weighted by Crippen LogP contribution is 2.48. The van der Waals surface area contributed by atoms with Crippen LogP contribution in [0.2, 0.25) is 0 Å². The minimum absolute atomic E-state index is 0.118. The van der Waals surface area contributed by atoms with Crippen LogP contribution in [0.15, 0.2) is 0 Å². The molecular weight excluding hydrogens is 298 g/mol. The maximum atomic E-state index is 12.4. The molecule has 1 rings (SSSR count). The Hall–Kier alpha value is -1.63. The Morgan fingerprint density at radius 3 is 2.09 bits per heavy atom. The highest BCUT2D eigenvalue weighted by molar-refractivity contribution is 5.91. The third kappa shape index (κ3) is 4.92. The molecule has 0 bridgehead atoms. The SMILES string of the molecule is CC(NC(=O)C(N)CC(=O)O)C(=O)NC(C)(C1CC1)C(C)(C)C. The van der Waals surface area contributed by atoms with E-state index in [1.165, 1.54) is 0 Å². The lowest BCUT2D eigenvalue weighted by atomic mass is 9.71. The number of carboxylic acids is 1. The summed E-state index contributed by atoms with van der Waals surface area (Å²) < 4.78 is 0. The summed E-state index contributed by atoms with van der Waals surface area (Å²) in [6.07, 6.45) is 1.69. The van der Waals surface area contributed by atoms with Crippen molar-refractivity contribution in [1.29, 1.82) is 0 Å². The van der Waals surface area contributed by atoms with E-state index in [1.54, 1.807) is 6.92 Å². The van der Waals surface area contributed by atoms with Crippen LogP contribution in [-0.4, -0.2) is 40.5 Å². The average Bonchev–Trinajstić information content (AvgIpc) is 3.20. The predicted octanol–water partition coefficient (Wildman–Crippen LogP) is 0.624. The summed E-state index contributed by atoms with van der Waals surface area (Å²) in [5.41, 5.74) is 5.02. The van der Waals surface area contributed by atoms with Crippen molar-refractivity contribution in [2.75, 3.05) is 0 Å². The van der Waals surface area contributed by atoms with E-state index in [0.29, 0.717) is 5.92 Å². The minimum atomic E-state index is -1.17. The molecule has 0 radical (unpaired) electrons. The summed E-state index contributed by atoms with van der Waals surface area (Å²) in [5.74, 6) is -1.65. The van der Waals surface area contributed by atoms with Gasteiger partial charge in [-0.15, -0.1) is 0 Å². The Bertz CT molecular complexity index is 482. The molecule has 23 heavy (non-hydrogen) atoms. The number of rotatable bonds is 7. The van der Waals surface area contributed by atoms with Gasteiger partial charge in [0.25, 0.3) is 0 Å². The summed E-state index contributed by atoms with van der Waals surface area (Å²) in [6.45, 7) is 9.84. The second-order valence-electron chi connectivity index (χ2n) is 7.65. The van der Waals surface area contributed by atoms with Crippen molar-refractivity contribution in [2.45, 2.75) is 71.5 Å². The largest absolute Gasteiger partial charge is 0.481 e. The van der Waals surface area contributed by atoms with E-state index in [0.717, 1.165) is 12.8 Å². The number of aliphatic carboxylic acids is 1. The second-order valence-corrected chi connectivity index (χ2v) is 7.65. The summed E-state index contributed by atoms with van der Waals surface area (Å²) in [4.78, 5) is 34.8. The molecule has 3 atom stereocenters. The van der Waals surface area contributed by atoms with Crippen molar-refractivity contribution in [1.82, 2.24) is 10.6 Å². The van der Waals surface area contributed by atoms with Crippen LogP contribution in [0.3, 0.4) is 0 Å². The van der Waals surface area contributed by atoms with Gasteiger partial charge in [0.15, 0.2) is 0 Å². The molecule has 7 nitrogen and oxygen atoms in total. The first kappa shape index (κ1) is 19.4. The number of carboxylic acid groups (broad SMARTS) is 1. The Morgan fingerprint density at radius 2 is 1.70 bits per heavy atom. The molecule has 7 heteroatoms. The van der Waals surface area contributed by atoms with Gasteiger partial charge in [-0.1, -0.05) is 20.8 Å². The van der Waals surface area contributed by atoms with Gasteiger partial charge < -0.3 is 21.5 Å². The quantitative estimate of drug-likeness (QED) is 0.546. The molecule has 0 saturated heterocycles. The van der Waals surface area contributed by atoms with Crippen LogP contribution in [0.1, 0.15) is 53.9 Å². The predicted molar refractivity (Wildman–Crippen MR) is 86.6 cm³/mol. The first-order chi connectivity index (χ1) is 10.4. The van der Waals surface area contributed by atoms with Gasteiger partial charge in [-0.05, 0) is 38.0 Å². The number of hydrogen-bond donors (Lipinski definition) is 4. The summed E-state index contributed by atoms with van der Waals surface area (Å²) in [5, 5.41) is 14.2. The topological polar surface area (TPSA) is 122 Å². The standard InChI is InChI=1S/C16H29N3O4/c1-9(18-14(23)11(17)8-12(20)21)13(22)19-16(5,10-6-7-10)15(2,3)4/h9-11H,6-8,17H2,1-5H3,(H,18,23)(H,19,22)(H,20,21). The Balaban J connectivity index is 2.66. The fraction of sp³-hybridized carbons (Fsp3) is 0.812. The molecule has 0 spiro atoms. The molecule has 5 N–H and O–H groups in total. The molecule has 0 heterocycles. The third-order valence-corrected chi connectivity index (χ3v) is 4.82. The molecule has 1 aliphatic carbocycles. The molecule has 2 amide bonds. The number of hydrogen-bond acceptors (Lipinski definition) is 4. The van der Waals surface area contributed by atoms with E-state index in [2.05, 4.69) is 31.4 Å². The van der Waals surface area contributed by atoms with Crippen LogP contribution in [0, 0.1) is 11.3 Å². The van der Waals surface area contributed by atoms with Gasteiger partial charge in [0.05, 0.1) is 12.5 Å². The summed E-state index contributed by atoms with van der Waals surface area (Å²) in [6, 6.07) is -1.94. The monoisotopic (exact) mass is 327 g/mol. The average molecular weight is 327 g/mol. The van der Waals surface area contributed by atoms with Crippen LogP contribution < -0.4 is 16.4 Å². The fourth-order valence-electron chi connectivity index (χ4n) is 2.59. The van der Waals surface area contributed by atoms with Gasteiger partial charge in [0, 0.05) is 5.54 Å². The lowest BCUT2D eigenvalue weighted by molar-refractivity contribution is -0.139. The number of carbonyl (C=O) groups excluding carboxylic acids is 2. The van der Waals surface area contributed by atoms with E-state index < -0.39 is 30.4 Å². The molecule has 0 aromatic rings. The molecule has 0 aromatic carbocycles. The van der Waals surface area contributed by atoms with Crippen molar-refractivity contribution >= 4 is 17.8 Å². The summed E-state index contributed by atoms with van der Waals surface area (Å²) in [7, 11) is 0. The molecular formula is C16H29N3O4. The first-order valence-corrected chi connectivity index (χ1v) is 7.98. The minimum Gasteiger partial charge on any atom is -0.481 e. The van der Waals surface area contributed by atoms with Crippen LogP contribution in [0.25, 0.3) is 0 Å². The molecule has 0 aliphatic heterocycles. The van der Waals surface area contributed by atoms with Crippen molar-refractivity contribution in [3.8, 4) is 0 Å².